The first-order valence-corrected chi connectivity index (χ1v) is 11.5. The maximum absolute atomic E-state index is 9.25. The number of benzene rings is 2. The number of aromatic nitrogens is 2. The van der Waals surface area contributed by atoms with Crippen LogP contribution in [0.5, 0.6) is 0 Å². The molecule has 5 nitrogen and oxygen atoms in total. The Kier molecular flexibility index (Phi) is 5.71. The normalized spacial score (nSPS) is 17.6. The molecule has 0 spiro atoms. The second kappa shape index (κ2) is 8.63. The summed E-state index contributed by atoms with van der Waals surface area (Å²) in [6.07, 6.45) is 4.39. The minimum Gasteiger partial charge on any atom is -0.366 e. The maximum Gasteiger partial charge on any atom is 0.149 e. The summed E-state index contributed by atoms with van der Waals surface area (Å²) in [5.74, 6) is 1.26. The van der Waals surface area contributed by atoms with Crippen LogP contribution in [0.4, 0.5) is 5.82 Å². The molecule has 0 radical (unpaired) electrons. The number of hydrogen-bond acceptors (Lipinski definition) is 5. The van der Waals surface area contributed by atoms with Gasteiger partial charge in [0.1, 0.15) is 5.82 Å². The molecule has 2 aliphatic rings. The minimum absolute atomic E-state index is 0.343. The fourth-order valence-electron chi connectivity index (χ4n) is 4.22. The largest absolute Gasteiger partial charge is 0.366 e. The molecule has 0 bridgehead atoms. The highest BCUT2D eigenvalue weighted by Gasteiger charge is 2.28. The van der Waals surface area contributed by atoms with Crippen LogP contribution in [-0.4, -0.2) is 34.0 Å². The van der Waals surface area contributed by atoms with E-state index in [0.29, 0.717) is 22.5 Å². The van der Waals surface area contributed by atoms with E-state index in [-0.39, 0.29) is 0 Å². The highest BCUT2D eigenvalue weighted by atomic mass is 35.5. The Labute approximate surface area is 192 Å². The van der Waals surface area contributed by atoms with Gasteiger partial charge in [0, 0.05) is 28.5 Å². The molecule has 158 valence electrons. The van der Waals surface area contributed by atoms with Crippen LogP contribution in [0, 0.1) is 11.3 Å². The van der Waals surface area contributed by atoms with E-state index in [2.05, 4.69) is 16.3 Å². The Bertz CT molecular complexity index is 1160. The van der Waals surface area contributed by atoms with Crippen molar-refractivity contribution in [1.82, 2.24) is 14.9 Å². The molecule has 1 saturated heterocycles. The number of nitrogens with one attached hydrogen (secondary N) is 1. The van der Waals surface area contributed by atoms with Crippen LogP contribution in [0.2, 0.25) is 10.0 Å². The molecule has 5 rings (SSSR count). The highest BCUT2D eigenvalue weighted by Crippen LogP contribution is 2.35. The molecule has 2 heterocycles. The van der Waals surface area contributed by atoms with E-state index in [0.717, 1.165) is 65.6 Å². The third-order valence-corrected chi connectivity index (χ3v) is 6.72. The third kappa shape index (κ3) is 4.62. The van der Waals surface area contributed by atoms with E-state index < -0.39 is 0 Å². The Morgan fingerprint density at radius 1 is 1.00 bits per heavy atom. The molecular weight excluding hydrogens is 429 g/mol. The summed E-state index contributed by atoms with van der Waals surface area (Å²) in [6, 6.07) is 13.9. The summed E-state index contributed by atoms with van der Waals surface area (Å²) in [5.41, 5.74) is 4.35. The number of hydrogen-bond donors (Lipinski definition) is 1. The quantitative estimate of drug-likeness (QED) is 0.533. The number of rotatable bonds is 5. The zero-order valence-corrected chi connectivity index (χ0v) is 18.6. The molecule has 1 aromatic heterocycles. The molecule has 0 atom stereocenters. The number of piperidine rings is 1. The van der Waals surface area contributed by atoms with Crippen molar-refractivity contribution in [3.05, 3.63) is 63.3 Å². The molecule has 7 heteroatoms. The average Bonchev–Trinajstić information content (AvgIpc) is 3.60. The molecule has 31 heavy (non-hydrogen) atoms. The van der Waals surface area contributed by atoms with Crippen molar-refractivity contribution < 1.29 is 0 Å². The van der Waals surface area contributed by atoms with E-state index in [1.807, 2.05) is 30.3 Å². The van der Waals surface area contributed by atoms with E-state index in [9.17, 15) is 5.26 Å². The van der Waals surface area contributed by atoms with Crippen LogP contribution >= 0.6 is 23.2 Å². The van der Waals surface area contributed by atoms with Crippen LogP contribution in [0.25, 0.3) is 11.0 Å². The number of fused-ring (bicyclic) bond motifs is 1. The first-order chi connectivity index (χ1) is 15.1. The van der Waals surface area contributed by atoms with E-state index in [1.165, 1.54) is 12.8 Å². The van der Waals surface area contributed by atoms with Crippen molar-refractivity contribution in [3.8, 4) is 6.07 Å². The second-order valence-corrected chi connectivity index (χ2v) is 9.32. The number of nitriles is 1. The molecule has 1 aliphatic carbocycles. The monoisotopic (exact) mass is 451 g/mol. The van der Waals surface area contributed by atoms with Gasteiger partial charge in [-0.25, -0.2) is 9.97 Å². The standard InChI is InChI=1S/C24H23Cl2N5/c25-18-2-5-20(26)17(12-18)14-31-9-7-16(8-10-31)23-24(28-19-3-4-19)30-21-6-1-15(13-27)11-22(21)29-23/h1-2,5-6,11-12,16,19H,3-4,7-10,14H2,(H,28,30). The number of anilines is 1. The molecule has 1 N–H and O–H groups in total. The van der Waals surface area contributed by atoms with Gasteiger partial charge < -0.3 is 5.32 Å². The Morgan fingerprint density at radius 3 is 2.55 bits per heavy atom. The molecule has 2 fully saturated rings. The van der Waals surface area contributed by atoms with Gasteiger partial charge >= 0.3 is 0 Å². The molecule has 3 aromatic rings. The molecular formula is C24H23Cl2N5. The lowest BCUT2D eigenvalue weighted by atomic mass is 9.92. The summed E-state index contributed by atoms with van der Waals surface area (Å²) < 4.78 is 0. The van der Waals surface area contributed by atoms with Gasteiger partial charge in [-0.1, -0.05) is 23.2 Å². The van der Waals surface area contributed by atoms with Gasteiger partial charge in [0.15, 0.2) is 0 Å². The predicted octanol–water partition coefficient (Wildman–Crippen LogP) is 5.76. The van der Waals surface area contributed by atoms with Crippen LogP contribution in [-0.2, 0) is 6.54 Å². The molecule has 1 aliphatic heterocycles. The number of nitrogens with zero attached hydrogens (tertiary/aromatic N) is 4. The Hall–Kier alpha value is -2.39. The molecule has 2 aromatic carbocycles. The predicted molar refractivity (Wildman–Crippen MR) is 125 cm³/mol. The maximum atomic E-state index is 9.25. The third-order valence-electron chi connectivity index (χ3n) is 6.11. The van der Waals surface area contributed by atoms with Crippen molar-refractivity contribution in [2.24, 2.45) is 0 Å². The molecule has 1 saturated carbocycles. The first-order valence-electron chi connectivity index (χ1n) is 10.7. The zero-order valence-electron chi connectivity index (χ0n) is 17.1. The summed E-state index contributed by atoms with van der Waals surface area (Å²) in [4.78, 5) is 12.3. The summed E-state index contributed by atoms with van der Waals surface area (Å²) in [5, 5.41) is 14.3. The van der Waals surface area contributed by atoms with Crippen LogP contribution in [0.1, 0.15) is 48.4 Å². The summed E-state index contributed by atoms with van der Waals surface area (Å²) in [6.45, 7) is 2.73. The SMILES string of the molecule is N#Cc1ccc2nc(NC3CC3)c(C3CCN(Cc4cc(Cl)ccc4Cl)CC3)nc2c1. The van der Waals surface area contributed by atoms with Crippen molar-refractivity contribution >= 4 is 40.1 Å². The zero-order chi connectivity index (χ0) is 21.4. The number of halogens is 2. The van der Waals surface area contributed by atoms with E-state index >= 15 is 0 Å². The van der Waals surface area contributed by atoms with Gasteiger partial charge in [-0.05, 0) is 80.7 Å². The van der Waals surface area contributed by atoms with Gasteiger partial charge in [-0.2, -0.15) is 5.26 Å². The van der Waals surface area contributed by atoms with Crippen LogP contribution < -0.4 is 5.32 Å². The van der Waals surface area contributed by atoms with E-state index in [1.54, 1.807) is 6.07 Å². The summed E-state index contributed by atoms with van der Waals surface area (Å²) in [7, 11) is 0. The van der Waals surface area contributed by atoms with Gasteiger partial charge in [0.25, 0.3) is 0 Å². The van der Waals surface area contributed by atoms with Crippen molar-refractivity contribution in [1.29, 1.82) is 5.26 Å². The van der Waals surface area contributed by atoms with E-state index in [4.69, 9.17) is 33.2 Å². The lowest BCUT2D eigenvalue weighted by Gasteiger charge is -2.32. The Balaban J connectivity index is 1.36. The topological polar surface area (TPSA) is 64.8 Å². The summed E-state index contributed by atoms with van der Waals surface area (Å²) >= 11 is 12.5. The van der Waals surface area contributed by atoms with Gasteiger partial charge in [0.05, 0.1) is 28.4 Å². The van der Waals surface area contributed by atoms with Gasteiger partial charge in [-0.3, -0.25) is 4.90 Å². The fraction of sp³-hybridized carbons (Fsp3) is 0.375. The van der Waals surface area contributed by atoms with Crippen LogP contribution in [0.3, 0.4) is 0 Å². The van der Waals surface area contributed by atoms with Crippen molar-refractivity contribution in [2.45, 2.75) is 44.2 Å². The van der Waals surface area contributed by atoms with Crippen molar-refractivity contribution in [2.75, 3.05) is 18.4 Å². The van der Waals surface area contributed by atoms with Gasteiger partial charge in [0.2, 0.25) is 0 Å². The average molecular weight is 452 g/mol. The second-order valence-electron chi connectivity index (χ2n) is 8.48. The molecule has 0 unspecified atom stereocenters. The smallest absolute Gasteiger partial charge is 0.149 e. The first kappa shape index (κ1) is 20.5. The van der Waals surface area contributed by atoms with Crippen molar-refractivity contribution in [3.63, 3.8) is 0 Å². The fourth-order valence-corrected chi connectivity index (χ4v) is 4.59. The lowest BCUT2D eigenvalue weighted by Crippen LogP contribution is -2.33. The molecule has 0 amide bonds. The Morgan fingerprint density at radius 2 is 1.81 bits per heavy atom. The highest BCUT2D eigenvalue weighted by molar-refractivity contribution is 6.33. The van der Waals surface area contributed by atoms with Crippen LogP contribution in [0.15, 0.2) is 36.4 Å². The number of likely N-dealkylation sites (tertiary alicyclic amines) is 1. The van der Waals surface area contributed by atoms with Gasteiger partial charge in [-0.15, -0.1) is 0 Å². The lowest BCUT2D eigenvalue weighted by molar-refractivity contribution is 0.203. The minimum atomic E-state index is 0.343.